The Bertz CT molecular complexity index is 384. The van der Waals surface area contributed by atoms with Crippen molar-refractivity contribution in [3.63, 3.8) is 0 Å². The molecule has 100 valence electrons. The maximum Gasteiger partial charge on any atom is 0.230 e. The Labute approximate surface area is 122 Å². The lowest BCUT2D eigenvalue weighted by Gasteiger charge is -2.12. The molecule has 0 saturated heterocycles. The van der Waals surface area contributed by atoms with Crippen molar-refractivity contribution in [1.29, 1.82) is 0 Å². The fraction of sp³-hybridized carbons (Fsp3) is 0.500. The molecule has 4 heteroatoms. The van der Waals surface area contributed by atoms with E-state index in [0.717, 1.165) is 23.1 Å². The quantitative estimate of drug-likeness (QED) is 0.819. The molecule has 2 nitrogen and oxygen atoms in total. The molecule has 1 aromatic rings. The average Bonchev–Trinajstić information content (AvgIpc) is 2.31. The fourth-order valence-electron chi connectivity index (χ4n) is 1.69. The molecule has 0 aliphatic heterocycles. The van der Waals surface area contributed by atoms with Crippen LogP contribution in [0.15, 0.2) is 28.7 Å². The van der Waals surface area contributed by atoms with Crippen molar-refractivity contribution in [2.45, 2.75) is 38.5 Å². The molecule has 1 N–H and O–H groups in total. The molecule has 1 unspecified atom stereocenters. The number of hydrogen-bond donors (Lipinski definition) is 1. The van der Waals surface area contributed by atoms with Crippen LogP contribution in [0, 0.1) is 0 Å². The van der Waals surface area contributed by atoms with Crippen LogP contribution in [-0.2, 0) is 10.5 Å². The standard InChI is InChI=1S/C14H20BrNOS/c1-3-6-11(2)16-14(17)10-18-9-12-7-4-5-8-13(12)15/h4-5,7-8,11H,3,6,9-10H2,1-2H3,(H,16,17). The fourth-order valence-corrected chi connectivity index (χ4v) is 3.14. The predicted octanol–water partition coefficient (Wildman–Crippen LogP) is 3.99. The second-order valence-corrected chi connectivity index (χ2v) is 6.18. The minimum absolute atomic E-state index is 0.132. The number of nitrogens with one attached hydrogen (secondary N) is 1. The van der Waals surface area contributed by atoms with Gasteiger partial charge in [0, 0.05) is 16.3 Å². The molecule has 1 amide bonds. The summed E-state index contributed by atoms with van der Waals surface area (Å²) < 4.78 is 1.11. The lowest BCUT2D eigenvalue weighted by molar-refractivity contribution is -0.119. The highest BCUT2D eigenvalue weighted by molar-refractivity contribution is 9.10. The molecular weight excluding hydrogens is 310 g/mol. The van der Waals surface area contributed by atoms with E-state index in [-0.39, 0.29) is 11.9 Å². The van der Waals surface area contributed by atoms with Crippen LogP contribution in [0.1, 0.15) is 32.3 Å². The molecule has 0 radical (unpaired) electrons. The third-order valence-corrected chi connectivity index (χ3v) is 4.33. The zero-order valence-electron chi connectivity index (χ0n) is 10.9. The van der Waals surface area contributed by atoms with Gasteiger partial charge in [-0.3, -0.25) is 4.79 Å². The number of hydrogen-bond acceptors (Lipinski definition) is 2. The topological polar surface area (TPSA) is 29.1 Å². The number of benzene rings is 1. The zero-order valence-corrected chi connectivity index (χ0v) is 13.3. The molecule has 0 aromatic heterocycles. The van der Waals surface area contributed by atoms with E-state index in [1.807, 2.05) is 18.2 Å². The first-order valence-electron chi connectivity index (χ1n) is 6.24. The minimum atomic E-state index is 0.132. The van der Waals surface area contributed by atoms with Crippen molar-refractivity contribution in [3.05, 3.63) is 34.3 Å². The number of carbonyl (C=O) groups excluding carboxylic acids is 1. The third kappa shape index (κ3) is 5.91. The monoisotopic (exact) mass is 329 g/mol. The van der Waals surface area contributed by atoms with Crippen LogP contribution in [0.3, 0.4) is 0 Å². The molecule has 0 aliphatic rings. The number of amides is 1. The van der Waals surface area contributed by atoms with Crippen molar-refractivity contribution >= 4 is 33.6 Å². The Hall–Kier alpha value is -0.480. The maximum atomic E-state index is 11.7. The van der Waals surface area contributed by atoms with Gasteiger partial charge >= 0.3 is 0 Å². The molecule has 18 heavy (non-hydrogen) atoms. The highest BCUT2D eigenvalue weighted by Gasteiger charge is 2.07. The maximum absolute atomic E-state index is 11.7. The summed E-state index contributed by atoms with van der Waals surface area (Å²) in [6.07, 6.45) is 2.15. The van der Waals surface area contributed by atoms with Gasteiger partial charge in [0.2, 0.25) is 5.91 Å². The van der Waals surface area contributed by atoms with Gasteiger partial charge in [0.05, 0.1) is 5.75 Å². The van der Waals surface area contributed by atoms with Gasteiger partial charge in [-0.05, 0) is 25.0 Å². The Morgan fingerprint density at radius 2 is 2.17 bits per heavy atom. The molecule has 0 heterocycles. The molecule has 0 bridgehead atoms. The highest BCUT2D eigenvalue weighted by atomic mass is 79.9. The van der Waals surface area contributed by atoms with Gasteiger partial charge in [-0.2, -0.15) is 0 Å². The van der Waals surface area contributed by atoms with Crippen molar-refractivity contribution in [1.82, 2.24) is 5.32 Å². The van der Waals surface area contributed by atoms with Crippen LogP contribution >= 0.6 is 27.7 Å². The van der Waals surface area contributed by atoms with E-state index in [2.05, 4.69) is 41.2 Å². The Balaban J connectivity index is 2.25. The van der Waals surface area contributed by atoms with Gasteiger partial charge in [0.15, 0.2) is 0 Å². The number of halogens is 1. The van der Waals surface area contributed by atoms with E-state index in [1.165, 1.54) is 5.56 Å². The van der Waals surface area contributed by atoms with E-state index in [4.69, 9.17) is 0 Å². The number of carbonyl (C=O) groups is 1. The summed E-state index contributed by atoms with van der Waals surface area (Å²) in [5, 5.41) is 3.01. The Morgan fingerprint density at radius 3 is 2.83 bits per heavy atom. The van der Waals surface area contributed by atoms with Crippen LogP contribution in [0.5, 0.6) is 0 Å². The predicted molar refractivity (Wildman–Crippen MR) is 82.8 cm³/mol. The van der Waals surface area contributed by atoms with E-state index in [1.54, 1.807) is 11.8 Å². The molecule has 0 aliphatic carbocycles. The van der Waals surface area contributed by atoms with E-state index in [9.17, 15) is 4.79 Å². The minimum Gasteiger partial charge on any atom is -0.353 e. The van der Waals surface area contributed by atoms with Gasteiger partial charge < -0.3 is 5.32 Å². The first-order valence-corrected chi connectivity index (χ1v) is 8.18. The van der Waals surface area contributed by atoms with E-state index in [0.29, 0.717) is 5.75 Å². The first-order chi connectivity index (χ1) is 8.63. The van der Waals surface area contributed by atoms with E-state index < -0.39 is 0 Å². The molecule has 0 fully saturated rings. The van der Waals surface area contributed by atoms with E-state index >= 15 is 0 Å². The van der Waals surface area contributed by atoms with Crippen LogP contribution in [0.4, 0.5) is 0 Å². The molecular formula is C14H20BrNOS. The Kier molecular flexibility index (Phi) is 7.44. The normalized spacial score (nSPS) is 12.2. The number of rotatable bonds is 7. The molecule has 1 aromatic carbocycles. The summed E-state index contributed by atoms with van der Waals surface area (Å²) in [5.41, 5.74) is 1.23. The van der Waals surface area contributed by atoms with Crippen LogP contribution in [0.25, 0.3) is 0 Å². The van der Waals surface area contributed by atoms with Gasteiger partial charge in [0.1, 0.15) is 0 Å². The number of thioether (sulfide) groups is 1. The Morgan fingerprint density at radius 1 is 1.44 bits per heavy atom. The van der Waals surface area contributed by atoms with Crippen molar-refractivity contribution < 1.29 is 4.79 Å². The summed E-state index contributed by atoms with van der Waals surface area (Å²) in [7, 11) is 0. The summed E-state index contributed by atoms with van der Waals surface area (Å²) in [6.45, 7) is 4.18. The SMILES string of the molecule is CCCC(C)NC(=O)CSCc1ccccc1Br. The summed E-state index contributed by atoms with van der Waals surface area (Å²) in [4.78, 5) is 11.7. The smallest absolute Gasteiger partial charge is 0.230 e. The van der Waals surface area contributed by atoms with Gasteiger partial charge in [-0.1, -0.05) is 47.5 Å². The third-order valence-electron chi connectivity index (χ3n) is 2.58. The van der Waals surface area contributed by atoms with Crippen LogP contribution in [0.2, 0.25) is 0 Å². The van der Waals surface area contributed by atoms with Gasteiger partial charge in [-0.25, -0.2) is 0 Å². The molecule has 0 spiro atoms. The largest absolute Gasteiger partial charge is 0.353 e. The zero-order chi connectivity index (χ0) is 13.4. The van der Waals surface area contributed by atoms with Crippen molar-refractivity contribution in [3.8, 4) is 0 Å². The highest BCUT2D eigenvalue weighted by Crippen LogP contribution is 2.21. The van der Waals surface area contributed by atoms with Crippen LogP contribution in [-0.4, -0.2) is 17.7 Å². The van der Waals surface area contributed by atoms with Crippen LogP contribution < -0.4 is 5.32 Å². The second-order valence-electron chi connectivity index (χ2n) is 4.34. The summed E-state index contributed by atoms with van der Waals surface area (Å²) in [6, 6.07) is 8.40. The summed E-state index contributed by atoms with van der Waals surface area (Å²) in [5.74, 6) is 1.51. The molecule has 1 atom stereocenters. The van der Waals surface area contributed by atoms with Gasteiger partial charge in [-0.15, -0.1) is 11.8 Å². The molecule has 0 saturated carbocycles. The average molecular weight is 330 g/mol. The second kappa shape index (κ2) is 8.59. The lowest BCUT2D eigenvalue weighted by Crippen LogP contribution is -2.33. The first kappa shape index (κ1) is 15.6. The lowest BCUT2D eigenvalue weighted by atomic mass is 10.2. The summed E-state index contributed by atoms with van der Waals surface area (Å²) >= 11 is 5.16. The molecule has 1 rings (SSSR count). The van der Waals surface area contributed by atoms with Gasteiger partial charge in [0.25, 0.3) is 0 Å². The van der Waals surface area contributed by atoms with Crippen molar-refractivity contribution in [2.24, 2.45) is 0 Å². The van der Waals surface area contributed by atoms with Crippen molar-refractivity contribution in [2.75, 3.05) is 5.75 Å².